The van der Waals surface area contributed by atoms with Crippen molar-refractivity contribution in [2.45, 2.75) is 52.6 Å². The largest absolute Gasteiger partial charge is 0.465 e. The predicted molar refractivity (Wildman–Crippen MR) is 67.3 cm³/mol. The van der Waals surface area contributed by atoms with Crippen molar-refractivity contribution in [2.24, 2.45) is 23.7 Å². The molecule has 17 heavy (non-hydrogen) atoms. The first-order valence-electron chi connectivity index (χ1n) is 7.20. The van der Waals surface area contributed by atoms with Gasteiger partial charge in [0.15, 0.2) is 0 Å². The van der Waals surface area contributed by atoms with Crippen LogP contribution in [0.15, 0.2) is 11.5 Å². The van der Waals surface area contributed by atoms with Gasteiger partial charge in [0.05, 0.1) is 12.7 Å². The second-order valence-electron chi connectivity index (χ2n) is 6.30. The molecular weight excluding hydrogens is 212 g/mol. The molecule has 0 aromatic heterocycles. The van der Waals surface area contributed by atoms with Crippen molar-refractivity contribution in [3.05, 3.63) is 11.5 Å². The lowest BCUT2D eigenvalue weighted by atomic mass is 9.66. The van der Waals surface area contributed by atoms with Crippen LogP contribution in [0.1, 0.15) is 46.5 Å². The minimum absolute atomic E-state index is 0.323. The molecule has 0 aromatic carbocycles. The van der Waals surface area contributed by atoms with Crippen LogP contribution in [0, 0.1) is 23.7 Å². The molecule has 2 heteroatoms. The Bertz CT molecular complexity index is 334. The molecule has 1 saturated carbocycles. The minimum atomic E-state index is 0.323. The first kappa shape index (κ1) is 11.4. The highest BCUT2D eigenvalue weighted by Crippen LogP contribution is 2.49. The average molecular weight is 236 g/mol. The van der Waals surface area contributed by atoms with Crippen molar-refractivity contribution in [1.29, 1.82) is 0 Å². The molecule has 3 rings (SSSR count). The fraction of sp³-hybridized carbons (Fsp3) is 0.867. The van der Waals surface area contributed by atoms with Gasteiger partial charge in [-0.05, 0) is 56.3 Å². The van der Waals surface area contributed by atoms with Crippen LogP contribution in [0.5, 0.6) is 0 Å². The van der Waals surface area contributed by atoms with Crippen LogP contribution in [0.2, 0.25) is 0 Å². The zero-order valence-electron chi connectivity index (χ0n) is 11.2. The zero-order chi connectivity index (χ0) is 12.0. The van der Waals surface area contributed by atoms with Gasteiger partial charge in [-0.15, -0.1) is 0 Å². The van der Waals surface area contributed by atoms with E-state index in [-0.39, 0.29) is 0 Å². The molecule has 96 valence electrons. The van der Waals surface area contributed by atoms with Crippen molar-refractivity contribution in [3.8, 4) is 0 Å². The van der Waals surface area contributed by atoms with E-state index in [0.29, 0.717) is 12.0 Å². The van der Waals surface area contributed by atoms with E-state index in [1.54, 1.807) is 0 Å². The molecule has 1 fully saturated rings. The van der Waals surface area contributed by atoms with Crippen molar-refractivity contribution in [3.63, 3.8) is 0 Å². The summed E-state index contributed by atoms with van der Waals surface area (Å²) in [6, 6.07) is 0. The fourth-order valence-electron chi connectivity index (χ4n) is 3.88. The van der Waals surface area contributed by atoms with Crippen molar-refractivity contribution >= 4 is 0 Å². The third-order valence-corrected chi connectivity index (χ3v) is 5.01. The zero-order valence-corrected chi connectivity index (χ0v) is 11.2. The Balaban J connectivity index is 1.99. The number of ether oxygens (including phenoxy) is 2. The average Bonchev–Trinajstić information content (AvgIpc) is 2.47. The normalized spacial score (nSPS) is 45.5. The minimum Gasteiger partial charge on any atom is -0.465 e. The van der Waals surface area contributed by atoms with Crippen LogP contribution in [-0.4, -0.2) is 12.7 Å². The monoisotopic (exact) mass is 236 g/mol. The number of rotatable bonds is 0. The van der Waals surface area contributed by atoms with Crippen LogP contribution in [0.3, 0.4) is 0 Å². The van der Waals surface area contributed by atoms with E-state index in [4.69, 9.17) is 9.47 Å². The van der Waals surface area contributed by atoms with Gasteiger partial charge in [-0.1, -0.05) is 13.8 Å². The predicted octanol–water partition coefficient (Wildman–Crippen LogP) is 3.73. The molecule has 0 bridgehead atoms. The van der Waals surface area contributed by atoms with E-state index in [1.165, 1.54) is 31.3 Å². The molecule has 2 nitrogen and oxygen atoms in total. The highest BCUT2D eigenvalue weighted by Gasteiger charge is 2.42. The van der Waals surface area contributed by atoms with Gasteiger partial charge in [-0.25, -0.2) is 0 Å². The summed E-state index contributed by atoms with van der Waals surface area (Å²) in [5.41, 5.74) is 1.53. The summed E-state index contributed by atoms with van der Waals surface area (Å²) in [5, 5.41) is 0. The van der Waals surface area contributed by atoms with Gasteiger partial charge < -0.3 is 9.47 Å². The molecule has 2 aliphatic heterocycles. The lowest BCUT2D eigenvalue weighted by Crippen LogP contribution is -2.35. The Hall–Kier alpha value is -0.660. The van der Waals surface area contributed by atoms with Crippen molar-refractivity contribution < 1.29 is 9.47 Å². The summed E-state index contributed by atoms with van der Waals surface area (Å²) in [6.07, 6.45) is 5.49. The quantitative estimate of drug-likeness (QED) is 0.638. The molecule has 3 aliphatic rings. The Morgan fingerprint density at radius 3 is 2.41 bits per heavy atom. The van der Waals surface area contributed by atoms with E-state index in [0.717, 1.165) is 30.3 Å². The third-order valence-electron chi connectivity index (χ3n) is 5.01. The van der Waals surface area contributed by atoms with Gasteiger partial charge in [-0.3, -0.25) is 0 Å². The Morgan fingerprint density at radius 2 is 1.59 bits per heavy atom. The van der Waals surface area contributed by atoms with Gasteiger partial charge in [0, 0.05) is 5.57 Å². The third kappa shape index (κ3) is 1.86. The lowest BCUT2D eigenvalue weighted by Gasteiger charge is -2.42. The Morgan fingerprint density at radius 1 is 0.882 bits per heavy atom. The first-order chi connectivity index (χ1) is 8.16. The number of hydrogen-bond donors (Lipinski definition) is 0. The Kier molecular flexibility index (Phi) is 2.84. The smallest absolute Gasteiger partial charge is 0.279 e. The van der Waals surface area contributed by atoms with Crippen molar-refractivity contribution in [1.82, 2.24) is 0 Å². The number of allylic oxidation sites excluding steroid dienone is 1. The summed E-state index contributed by atoms with van der Waals surface area (Å²) in [7, 11) is 0. The van der Waals surface area contributed by atoms with Crippen molar-refractivity contribution in [2.75, 3.05) is 6.61 Å². The van der Waals surface area contributed by atoms with Gasteiger partial charge in [0.1, 0.15) is 0 Å². The van der Waals surface area contributed by atoms with E-state index in [2.05, 4.69) is 20.8 Å². The molecule has 0 N–H and O–H groups in total. The van der Waals surface area contributed by atoms with E-state index < -0.39 is 0 Å². The van der Waals surface area contributed by atoms with Crippen LogP contribution in [-0.2, 0) is 9.47 Å². The summed E-state index contributed by atoms with van der Waals surface area (Å²) in [6.45, 7) is 7.75. The van der Waals surface area contributed by atoms with Crippen LogP contribution in [0.4, 0.5) is 0 Å². The fourth-order valence-corrected chi connectivity index (χ4v) is 3.88. The van der Waals surface area contributed by atoms with Crippen LogP contribution >= 0.6 is 0 Å². The second kappa shape index (κ2) is 4.22. The summed E-state index contributed by atoms with van der Waals surface area (Å²) < 4.78 is 11.9. The molecule has 0 aromatic rings. The van der Waals surface area contributed by atoms with Gasteiger partial charge >= 0.3 is 0 Å². The molecule has 3 unspecified atom stereocenters. The number of hydrogen-bond acceptors (Lipinski definition) is 2. The molecule has 0 amide bonds. The maximum atomic E-state index is 6.01. The second-order valence-corrected chi connectivity index (χ2v) is 6.30. The van der Waals surface area contributed by atoms with Gasteiger partial charge in [-0.2, -0.15) is 0 Å². The summed E-state index contributed by atoms with van der Waals surface area (Å²) >= 11 is 0. The van der Waals surface area contributed by atoms with Crippen LogP contribution < -0.4 is 0 Å². The van der Waals surface area contributed by atoms with E-state index >= 15 is 0 Å². The standard InChI is InChI=1S/C15H24O2/c1-9-4-6-13-10(2)8-16-15-14(13)12(9)7-5-11(3)17-15/h9-13H,4-8H2,1-3H3/t9-,10+,11?,12?,13?/m1/s1. The van der Waals surface area contributed by atoms with E-state index in [1.807, 2.05) is 0 Å². The highest BCUT2D eigenvalue weighted by atomic mass is 16.7. The maximum absolute atomic E-state index is 6.01. The van der Waals surface area contributed by atoms with Crippen LogP contribution in [0.25, 0.3) is 0 Å². The summed E-state index contributed by atoms with van der Waals surface area (Å²) in [4.78, 5) is 0. The molecule has 2 heterocycles. The molecular formula is C15H24O2. The van der Waals surface area contributed by atoms with E-state index in [9.17, 15) is 0 Å². The molecule has 0 radical (unpaired) electrons. The molecule has 0 saturated heterocycles. The molecule has 1 aliphatic carbocycles. The van der Waals surface area contributed by atoms with Gasteiger partial charge in [0.2, 0.25) is 0 Å². The Labute approximate surface area is 104 Å². The topological polar surface area (TPSA) is 18.5 Å². The van der Waals surface area contributed by atoms with Gasteiger partial charge in [0.25, 0.3) is 5.95 Å². The lowest BCUT2D eigenvalue weighted by molar-refractivity contribution is -0.0369. The molecule has 0 spiro atoms. The SMILES string of the molecule is CC1CCC2C3=C(OC[C@H](C)C3CC[C@H]2C)O1. The maximum Gasteiger partial charge on any atom is 0.279 e. The highest BCUT2D eigenvalue weighted by molar-refractivity contribution is 5.20. The first-order valence-corrected chi connectivity index (χ1v) is 7.20. The molecule has 5 atom stereocenters. The summed E-state index contributed by atoms with van der Waals surface area (Å²) in [5.74, 6) is 3.83.